The van der Waals surface area contributed by atoms with Crippen LogP contribution in [0.3, 0.4) is 0 Å². The molecule has 164 valence electrons. The molecule has 0 aliphatic heterocycles. The van der Waals surface area contributed by atoms with Gasteiger partial charge in [0, 0.05) is 18.5 Å². The Labute approximate surface area is 183 Å². The monoisotopic (exact) mass is 421 g/mol. The largest absolute Gasteiger partial charge is 0.419 e. The van der Waals surface area contributed by atoms with Crippen LogP contribution in [-0.2, 0) is 11.8 Å². The van der Waals surface area contributed by atoms with Crippen LogP contribution in [0.1, 0.15) is 60.5 Å². The number of para-hydroxylation sites is 1. The molecular weight excluding hydrogens is 390 g/mol. The molecule has 6 nitrogen and oxygen atoms in total. The molecular formula is C25H31N3O3. The summed E-state index contributed by atoms with van der Waals surface area (Å²) in [6.45, 7) is 2.26. The number of rotatable bonds is 3. The second-order valence-electron chi connectivity index (χ2n) is 9.13. The molecule has 31 heavy (non-hydrogen) atoms. The van der Waals surface area contributed by atoms with Gasteiger partial charge in [0.15, 0.2) is 0 Å². The lowest BCUT2D eigenvalue weighted by molar-refractivity contribution is 0.100. The molecule has 2 aromatic carbocycles. The molecule has 1 saturated carbocycles. The highest BCUT2D eigenvalue weighted by Gasteiger charge is 2.43. The summed E-state index contributed by atoms with van der Waals surface area (Å²) in [7, 11) is 1.57. The van der Waals surface area contributed by atoms with Gasteiger partial charge in [-0.25, -0.2) is 4.79 Å². The highest BCUT2D eigenvalue weighted by molar-refractivity contribution is 6.02. The van der Waals surface area contributed by atoms with E-state index in [9.17, 15) is 9.59 Å². The topological polar surface area (TPSA) is 98.7 Å². The van der Waals surface area contributed by atoms with E-state index in [-0.39, 0.29) is 17.0 Å². The number of anilines is 1. The summed E-state index contributed by atoms with van der Waals surface area (Å²) in [5, 5.41) is 0. The number of primary amides is 1. The van der Waals surface area contributed by atoms with Gasteiger partial charge < -0.3 is 16.2 Å². The van der Waals surface area contributed by atoms with Gasteiger partial charge in [-0.2, -0.15) is 0 Å². The highest BCUT2D eigenvalue weighted by atomic mass is 16.6. The Bertz CT molecular complexity index is 1010. The maximum atomic E-state index is 12.8. The Morgan fingerprint density at radius 1 is 1.13 bits per heavy atom. The fourth-order valence-electron chi connectivity index (χ4n) is 5.34. The van der Waals surface area contributed by atoms with Crippen LogP contribution in [0.15, 0.2) is 42.5 Å². The number of nitrogens with zero attached hydrogens (tertiary/aromatic N) is 1. The first-order valence-electron chi connectivity index (χ1n) is 11.0. The van der Waals surface area contributed by atoms with Gasteiger partial charge in [-0.05, 0) is 60.6 Å². The standard InChI is InChI=1S/C25H31N3O3/c1-25-13-7-3-4-8-17(22(25)26)14-16-11-12-18(15-20(16)25)31-24(30)28(2)21-10-6-5-9-19(21)23(27)29/h5-6,9-12,15,17,22H,3-4,7-8,13-14,26H2,1-2H3,(H2,27,29)/t17-,22-,25+/m0/s1. The molecule has 0 spiro atoms. The van der Waals surface area contributed by atoms with Gasteiger partial charge in [-0.15, -0.1) is 0 Å². The maximum absolute atomic E-state index is 12.8. The third-order valence-corrected chi connectivity index (χ3v) is 7.20. The number of nitrogens with two attached hydrogens (primary N) is 2. The van der Waals surface area contributed by atoms with Crippen LogP contribution in [0.2, 0.25) is 0 Å². The van der Waals surface area contributed by atoms with Crippen LogP contribution in [0.4, 0.5) is 10.5 Å². The molecule has 2 amide bonds. The van der Waals surface area contributed by atoms with Gasteiger partial charge in [-0.1, -0.05) is 44.4 Å². The first-order chi connectivity index (χ1) is 14.8. The maximum Gasteiger partial charge on any atom is 0.419 e. The average Bonchev–Trinajstić information content (AvgIpc) is 2.76. The van der Waals surface area contributed by atoms with E-state index in [1.54, 1.807) is 31.3 Å². The van der Waals surface area contributed by atoms with Gasteiger partial charge in [0.25, 0.3) is 5.91 Å². The SMILES string of the molecule is CN(C(=O)Oc1ccc2c(c1)[C@@]1(C)CCCCC[C@@H](C2)[C@@H]1N)c1ccccc1C(N)=O. The lowest BCUT2D eigenvalue weighted by Crippen LogP contribution is -2.52. The number of benzene rings is 2. The molecule has 6 heteroatoms. The van der Waals surface area contributed by atoms with Crippen LogP contribution in [0.5, 0.6) is 5.75 Å². The normalized spacial score (nSPS) is 25.0. The van der Waals surface area contributed by atoms with E-state index in [2.05, 4.69) is 13.0 Å². The minimum absolute atomic E-state index is 0.108. The number of fused-ring (bicyclic) bond motifs is 4. The van der Waals surface area contributed by atoms with Crippen LogP contribution in [0.25, 0.3) is 0 Å². The third kappa shape index (κ3) is 3.92. The summed E-state index contributed by atoms with van der Waals surface area (Å²) in [5.41, 5.74) is 15.3. The quantitative estimate of drug-likeness (QED) is 0.778. The zero-order valence-corrected chi connectivity index (χ0v) is 18.3. The molecule has 0 radical (unpaired) electrons. The Morgan fingerprint density at radius 2 is 1.90 bits per heavy atom. The molecule has 2 aromatic rings. The van der Waals surface area contributed by atoms with Crippen molar-refractivity contribution < 1.29 is 14.3 Å². The zero-order valence-electron chi connectivity index (χ0n) is 18.3. The molecule has 3 atom stereocenters. The Morgan fingerprint density at radius 3 is 2.68 bits per heavy atom. The molecule has 0 aromatic heterocycles. The Hall–Kier alpha value is -2.86. The van der Waals surface area contributed by atoms with E-state index < -0.39 is 12.0 Å². The first-order valence-corrected chi connectivity index (χ1v) is 11.0. The van der Waals surface area contributed by atoms with Gasteiger partial charge in [-0.3, -0.25) is 9.69 Å². The molecule has 2 aliphatic rings. The van der Waals surface area contributed by atoms with Gasteiger partial charge in [0.05, 0.1) is 11.3 Å². The Kier molecular flexibility index (Phi) is 5.75. The number of hydrogen-bond acceptors (Lipinski definition) is 4. The van der Waals surface area contributed by atoms with Crippen molar-refractivity contribution in [3.63, 3.8) is 0 Å². The summed E-state index contributed by atoms with van der Waals surface area (Å²) >= 11 is 0. The summed E-state index contributed by atoms with van der Waals surface area (Å²) in [4.78, 5) is 25.9. The van der Waals surface area contributed by atoms with Gasteiger partial charge in [0.1, 0.15) is 5.75 Å². The second-order valence-corrected chi connectivity index (χ2v) is 9.13. The molecule has 2 aliphatic carbocycles. The Balaban J connectivity index is 1.61. The van der Waals surface area contributed by atoms with E-state index in [1.807, 2.05) is 12.1 Å². The van der Waals surface area contributed by atoms with Crippen LogP contribution < -0.4 is 21.1 Å². The van der Waals surface area contributed by atoms with Crippen molar-refractivity contribution >= 4 is 17.7 Å². The average molecular weight is 422 g/mol. The smallest absolute Gasteiger partial charge is 0.410 e. The van der Waals surface area contributed by atoms with Crippen molar-refractivity contribution in [1.82, 2.24) is 0 Å². The summed E-state index contributed by atoms with van der Waals surface area (Å²) in [5.74, 6) is 0.397. The summed E-state index contributed by atoms with van der Waals surface area (Å²) in [6.07, 6.45) is 6.28. The molecule has 2 bridgehead atoms. The zero-order chi connectivity index (χ0) is 22.2. The fraction of sp³-hybridized carbons (Fsp3) is 0.440. The van der Waals surface area contributed by atoms with Gasteiger partial charge >= 0.3 is 6.09 Å². The molecule has 1 fully saturated rings. The number of ether oxygens (including phenoxy) is 1. The lowest BCUT2D eigenvalue weighted by Gasteiger charge is -2.47. The van der Waals surface area contributed by atoms with E-state index in [4.69, 9.17) is 16.2 Å². The van der Waals surface area contributed by atoms with Crippen molar-refractivity contribution in [3.05, 3.63) is 59.2 Å². The van der Waals surface area contributed by atoms with Gasteiger partial charge in [0.2, 0.25) is 0 Å². The molecule has 0 heterocycles. The molecule has 0 saturated heterocycles. The highest BCUT2D eigenvalue weighted by Crippen LogP contribution is 2.46. The molecule has 0 unspecified atom stereocenters. The third-order valence-electron chi connectivity index (χ3n) is 7.20. The van der Waals surface area contributed by atoms with E-state index in [0.29, 0.717) is 17.4 Å². The van der Waals surface area contributed by atoms with Crippen LogP contribution >= 0.6 is 0 Å². The van der Waals surface area contributed by atoms with E-state index >= 15 is 0 Å². The van der Waals surface area contributed by atoms with Crippen LogP contribution in [-0.4, -0.2) is 25.1 Å². The molecule has 4 rings (SSSR count). The molecule has 4 N–H and O–H groups in total. The minimum Gasteiger partial charge on any atom is -0.410 e. The second kappa shape index (κ2) is 8.35. The summed E-state index contributed by atoms with van der Waals surface area (Å²) in [6, 6.07) is 12.7. The predicted molar refractivity (Wildman–Crippen MR) is 121 cm³/mol. The predicted octanol–water partition coefficient (Wildman–Crippen LogP) is 4.14. The van der Waals surface area contributed by atoms with E-state index in [1.165, 1.54) is 35.3 Å². The number of carbonyl (C=O) groups excluding carboxylic acids is 2. The van der Waals surface area contributed by atoms with Crippen molar-refractivity contribution in [2.24, 2.45) is 17.4 Å². The van der Waals surface area contributed by atoms with Crippen molar-refractivity contribution in [1.29, 1.82) is 0 Å². The first kappa shape index (κ1) is 21.4. The lowest BCUT2D eigenvalue weighted by atomic mass is 9.60. The number of amides is 2. The van der Waals surface area contributed by atoms with Crippen LogP contribution in [0, 0.1) is 5.92 Å². The number of carbonyl (C=O) groups is 2. The van der Waals surface area contributed by atoms with Crippen molar-refractivity contribution in [2.75, 3.05) is 11.9 Å². The minimum atomic E-state index is -0.593. The van der Waals surface area contributed by atoms with Crippen molar-refractivity contribution in [2.45, 2.75) is 56.9 Å². The summed E-state index contributed by atoms with van der Waals surface area (Å²) < 4.78 is 5.70. The fourth-order valence-corrected chi connectivity index (χ4v) is 5.34. The van der Waals surface area contributed by atoms with E-state index in [0.717, 1.165) is 19.3 Å². The number of hydrogen-bond donors (Lipinski definition) is 2. The van der Waals surface area contributed by atoms with Crippen molar-refractivity contribution in [3.8, 4) is 5.75 Å².